The van der Waals surface area contributed by atoms with Crippen LogP contribution in [0.1, 0.15) is 13.8 Å². The number of hydrogen-bond acceptors (Lipinski definition) is 3. The Morgan fingerprint density at radius 1 is 1.25 bits per heavy atom. The summed E-state index contributed by atoms with van der Waals surface area (Å²) in [5, 5.41) is 6.44. The van der Waals surface area contributed by atoms with Crippen molar-refractivity contribution in [2.24, 2.45) is 4.99 Å². The van der Waals surface area contributed by atoms with Crippen LogP contribution in [0.4, 0.5) is 0 Å². The maximum absolute atomic E-state index is 5.23. The molecule has 0 aliphatic rings. The van der Waals surface area contributed by atoms with Crippen molar-refractivity contribution in [3.63, 3.8) is 0 Å². The lowest BCUT2D eigenvalue weighted by Crippen LogP contribution is -2.42. The molecule has 0 amide bonds. The van der Waals surface area contributed by atoms with Crippen LogP contribution in [0.3, 0.4) is 0 Å². The summed E-state index contributed by atoms with van der Waals surface area (Å²) in [6.07, 6.45) is 0. The van der Waals surface area contributed by atoms with Gasteiger partial charge in [0.2, 0.25) is 0 Å². The van der Waals surface area contributed by atoms with Gasteiger partial charge in [-0.2, -0.15) is 0 Å². The van der Waals surface area contributed by atoms with Crippen molar-refractivity contribution < 1.29 is 4.74 Å². The van der Waals surface area contributed by atoms with Gasteiger partial charge >= 0.3 is 0 Å². The van der Waals surface area contributed by atoms with Crippen molar-refractivity contribution in [3.05, 3.63) is 0 Å². The molecule has 0 heterocycles. The SMILES string of the molecule is CCOCCNC(=NC)NCCN(C)CC. The molecule has 0 aliphatic heterocycles. The van der Waals surface area contributed by atoms with Crippen molar-refractivity contribution in [1.82, 2.24) is 15.5 Å². The molecule has 0 aromatic carbocycles. The van der Waals surface area contributed by atoms with Crippen molar-refractivity contribution in [3.8, 4) is 0 Å². The lowest BCUT2D eigenvalue weighted by atomic mass is 10.5. The first kappa shape index (κ1) is 15.2. The number of guanidine groups is 1. The molecule has 0 fully saturated rings. The minimum atomic E-state index is 0.714. The number of ether oxygens (including phenoxy) is 1. The molecule has 5 heteroatoms. The molecule has 96 valence electrons. The average molecular weight is 230 g/mol. The molecule has 0 spiro atoms. The molecule has 0 bridgehead atoms. The smallest absolute Gasteiger partial charge is 0.191 e. The number of nitrogens with one attached hydrogen (secondary N) is 2. The zero-order chi connectivity index (χ0) is 12.2. The van der Waals surface area contributed by atoms with Crippen molar-refractivity contribution in [1.29, 1.82) is 0 Å². The van der Waals surface area contributed by atoms with Gasteiger partial charge in [-0.25, -0.2) is 0 Å². The molecule has 0 radical (unpaired) electrons. The highest BCUT2D eigenvalue weighted by molar-refractivity contribution is 5.79. The van der Waals surface area contributed by atoms with Gasteiger partial charge in [-0.05, 0) is 20.5 Å². The Morgan fingerprint density at radius 2 is 1.94 bits per heavy atom. The zero-order valence-electron chi connectivity index (χ0n) is 11.0. The van der Waals surface area contributed by atoms with Crippen molar-refractivity contribution in [2.75, 3.05) is 53.5 Å². The van der Waals surface area contributed by atoms with Gasteiger partial charge in [0.1, 0.15) is 0 Å². The molecule has 5 nitrogen and oxygen atoms in total. The summed E-state index contributed by atoms with van der Waals surface area (Å²) >= 11 is 0. The second-order valence-corrected chi connectivity index (χ2v) is 3.52. The topological polar surface area (TPSA) is 48.9 Å². The van der Waals surface area contributed by atoms with Crippen LogP contribution in [0.2, 0.25) is 0 Å². The molecule has 0 saturated heterocycles. The molecule has 0 unspecified atom stereocenters. The van der Waals surface area contributed by atoms with Gasteiger partial charge in [0.25, 0.3) is 0 Å². The first-order chi connectivity index (χ1) is 7.74. The number of nitrogens with zero attached hydrogens (tertiary/aromatic N) is 2. The normalized spacial score (nSPS) is 11.9. The Bertz CT molecular complexity index is 185. The first-order valence-corrected chi connectivity index (χ1v) is 5.95. The fraction of sp³-hybridized carbons (Fsp3) is 0.909. The summed E-state index contributed by atoms with van der Waals surface area (Å²) in [6, 6.07) is 0. The van der Waals surface area contributed by atoms with E-state index in [1.807, 2.05) is 6.92 Å². The largest absolute Gasteiger partial charge is 0.380 e. The van der Waals surface area contributed by atoms with Gasteiger partial charge in [0.15, 0.2) is 5.96 Å². The Labute approximate surface area is 99.3 Å². The van der Waals surface area contributed by atoms with Gasteiger partial charge in [-0.3, -0.25) is 4.99 Å². The van der Waals surface area contributed by atoms with E-state index in [-0.39, 0.29) is 0 Å². The fourth-order valence-electron chi connectivity index (χ4n) is 1.13. The van der Waals surface area contributed by atoms with E-state index in [1.165, 1.54) is 0 Å². The maximum atomic E-state index is 5.23. The first-order valence-electron chi connectivity index (χ1n) is 5.95. The van der Waals surface area contributed by atoms with Crippen LogP contribution in [0.25, 0.3) is 0 Å². The highest BCUT2D eigenvalue weighted by Gasteiger charge is 1.97. The van der Waals surface area contributed by atoms with E-state index < -0.39 is 0 Å². The second-order valence-electron chi connectivity index (χ2n) is 3.52. The van der Waals surface area contributed by atoms with Crippen LogP contribution in [-0.2, 0) is 4.74 Å². The highest BCUT2D eigenvalue weighted by atomic mass is 16.5. The highest BCUT2D eigenvalue weighted by Crippen LogP contribution is 1.78. The predicted molar refractivity (Wildman–Crippen MR) is 69.0 cm³/mol. The van der Waals surface area contributed by atoms with Crippen molar-refractivity contribution >= 4 is 5.96 Å². The summed E-state index contributed by atoms with van der Waals surface area (Å²) in [5.74, 6) is 0.837. The molecule has 0 aromatic heterocycles. The minimum Gasteiger partial charge on any atom is -0.380 e. The lowest BCUT2D eigenvalue weighted by molar-refractivity contribution is 0.152. The molecule has 0 rings (SSSR count). The van der Waals surface area contributed by atoms with Gasteiger partial charge in [0, 0.05) is 33.3 Å². The van der Waals surface area contributed by atoms with E-state index in [4.69, 9.17) is 4.74 Å². The Balaban J connectivity index is 3.52. The van der Waals surface area contributed by atoms with E-state index in [2.05, 4.69) is 34.5 Å². The van der Waals surface area contributed by atoms with Crippen LogP contribution < -0.4 is 10.6 Å². The number of aliphatic imine (C=N–C) groups is 1. The Kier molecular flexibility index (Phi) is 10.2. The van der Waals surface area contributed by atoms with E-state index >= 15 is 0 Å². The van der Waals surface area contributed by atoms with Crippen LogP contribution in [-0.4, -0.2) is 64.3 Å². The standard InChI is InChI=1S/C11H26N4O/c1-5-15(4)9-7-13-11(12-3)14-8-10-16-6-2/h5-10H2,1-4H3,(H2,12,13,14). The molecule has 0 atom stereocenters. The van der Waals surface area contributed by atoms with Crippen molar-refractivity contribution in [2.45, 2.75) is 13.8 Å². The third-order valence-electron chi connectivity index (χ3n) is 2.29. The third-order valence-corrected chi connectivity index (χ3v) is 2.29. The van der Waals surface area contributed by atoms with Crippen LogP contribution >= 0.6 is 0 Å². The van der Waals surface area contributed by atoms with E-state index in [0.717, 1.165) is 38.7 Å². The van der Waals surface area contributed by atoms with Crippen LogP contribution in [0.15, 0.2) is 4.99 Å². The number of likely N-dealkylation sites (N-methyl/N-ethyl adjacent to an activating group) is 1. The van der Waals surface area contributed by atoms with E-state index in [1.54, 1.807) is 7.05 Å². The molecule has 0 aromatic rings. The minimum absolute atomic E-state index is 0.714. The average Bonchev–Trinajstić information content (AvgIpc) is 2.31. The van der Waals surface area contributed by atoms with Gasteiger partial charge in [-0.15, -0.1) is 0 Å². The zero-order valence-corrected chi connectivity index (χ0v) is 11.0. The number of hydrogen-bond donors (Lipinski definition) is 2. The van der Waals surface area contributed by atoms with Gasteiger partial charge in [0.05, 0.1) is 6.61 Å². The van der Waals surface area contributed by atoms with Crippen LogP contribution in [0, 0.1) is 0 Å². The lowest BCUT2D eigenvalue weighted by Gasteiger charge is -2.16. The van der Waals surface area contributed by atoms with Gasteiger partial charge < -0.3 is 20.3 Å². The quantitative estimate of drug-likeness (QED) is 0.354. The third kappa shape index (κ3) is 8.49. The Morgan fingerprint density at radius 3 is 2.50 bits per heavy atom. The Hall–Kier alpha value is -0.810. The van der Waals surface area contributed by atoms with Gasteiger partial charge in [-0.1, -0.05) is 6.92 Å². The second kappa shape index (κ2) is 10.7. The molecule has 16 heavy (non-hydrogen) atoms. The summed E-state index contributed by atoms with van der Waals surface area (Å²) in [7, 11) is 3.88. The summed E-state index contributed by atoms with van der Waals surface area (Å²) in [5.41, 5.74) is 0. The van der Waals surface area contributed by atoms with E-state index in [9.17, 15) is 0 Å². The number of rotatable bonds is 8. The molecule has 2 N–H and O–H groups in total. The van der Waals surface area contributed by atoms with Crippen LogP contribution in [0.5, 0.6) is 0 Å². The molecule has 0 aliphatic carbocycles. The summed E-state index contributed by atoms with van der Waals surface area (Å²) < 4.78 is 5.23. The molecular formula is C11H26N4O. The maximum Gasteiger partial charge on any atom is 0.191 e. The monoisotopic (exact) mass is 230 g/mol. The van der Waals surface area contributed by atoms with E-state index in [0.29, 0.717) is 6.61 Å². The predicted octanol–water partition coefficient (Wildman–Crippen LogP) is 0.140. The summed E-state index contributed by atoms with van der Waals surface area (Å²) in [4.78, 5) is 6.38. The molecular weight excluding hydrogens is 204 g/mol. The molecule has 0 saturated carbocycles. The fourth-order valence-corrected chi connectivity index (χ4v) is 1.13. The summed E-state index contributed by atoms with van der Waals surface area (Å²) in [6.45, 7) is 9.39.